The maximum atomic E-state index is 12.8. The fraction of sp³-hybridized carbons (Fsp3) is 0.640. The minimum absolute atomic E-state index is 0.221. The van der Waals surface area contributed by atoms with Gasteiger partial charge in [0.2, 0.25) is 0 Å². The molecule has 0 aromatic heterocycles. The Labute approximate surface area is 201 Å². The summed E-state index contributed by atoms with van der Waals surface area (Å²) in [7, 11) is 0. The molecule has 0 saturated carbocycles. The van der Waals surface area contributed by atoms with E-state index in [0.29, 0.717) is 18.9 Å². The summed E-state index contributed by atoms with van der Waals surface area (Å²) in [5.41, 5.74) is 6.58. The van der Waals surface area contributed by atoms with Gasteiger partial charge in [-0.3, -0.25) is 4.90 Å². The number of hydrogen-bond donors (Lipinski definition) is 1. The zero-order chi connectivity index (χ0) is 23.9. The largest absolute Gasteiger partial charge is 0.488 e. The SMILES string of the molecule is CCCCCCc1ccc(N)c(Br)c1OC/C=C/[C@H]1COC(C)(C)N1C(=O)OC(C)(C)C. The highest BCUT2D eigenvalue weighted by atomic mass is 79.9. The molecule has 1 heterocycles. The summed E-state index contributed by atoms with van der Waals surface area (Å²) in [6.45, 7) is 12.3. The normalized spacial score (nSPS) is 18.3. The van der Waals surface area contributed by atoms with Gasteiger partial charge in [-0.15, -0.1) is 0 Å². The average molecular weight is 512 g/mol. The fourth-order valence-electron chi connectivity index (χ4n) is 3.69. The number of aryl methyl sites for hydroxylation is 1. The zero-order valence-corrected chi connectivity index (χ0v) is 22.0. The average Bonchev–Trinajstić information content (AvgIpc) is 2.99. The van der Waals surface area contributed by atoms with Gasteiger partial charge in [0.15, 0.2) is 0 Å². The lowest BCUT2D eigenvalue weighted by atomic mass is 10.0. The number of halogens is 1. The smallest absolute Gasteiger partial charge is 0.413 e. The highest BCUT2D eigenvalue weighted by molar-refractivity contribution is 9.10. The second kappa shape index (κ2) is 11.4. The van der Waals surface area contributed by atoms with Crippen molar-refractivity contribution in [2.24, 2.45) is 0 Å². The van der Waals surface area contributed by atoms with Crippen LogP contribution in [0, 0.1) is 0 Å². The number of anilines is 1. The van der Waals surface area contributed by atoms with Crippen molar-refractivity contribution in [3.05, 3.63) is 34.3 Å². The summed E-state index contributed by atoms with van der Waals surface area (Å²) in [4.78, 5) is 14.4. The van der Waals surface area contributed by atoms with Crippen molar-refractivity contribution < 1.29 is 19.0 Å². The van der Waals surface area contributed by atoms with Crippen LogP contribution in [0.4, 0.5) is 10.5 Å². The van der Waals surface area contributed by atoms with Crippen LogP contribution in [0.25, 0.3) is 0 Å². The number of hydrogen-bond acceptors (Lipinski definition) is 5. The van der Waals surface area contributed by atoms with Crippen molar-refractivity contribution in [3.63, 3.8) is 0 Å². The number of benzene rings is 1. The molecule has 1 amide bonds. The molecule has 6 nitrogen and oxygen atoms in total. The summed E-state index contributed by atoms with van der Waals surface area (Å²) in [6.07, 6.45) is 9.21. The molecule has 1 aliphatic heterocycles. The molecule has 1 aromatic carbocycles. The number of carbonyl (C=O) groups excluding carboxylic acids is 1. The van der Waals surface area contributed by atoms with E-state index in [1.54, 1.807) is 4.90 Å². The van der Waals surface area contributed by atoms with Crippen LogP contribution in [0.15, 0.2) is 28.8 Å². The van der Waals surface area contributed by atoms with Crippen molar-refractivity contribution in [1.82, 2.24) is 4.90 Å². The van der Waals surface area contributed by atoms with Crippen LogP contribution >= 0.6 is 15.9 Å². The van der Waals surface area contributed by atoms with Gasteiger partial charge in [0.05, 0.1) is 17.1 Å². The molecule has 0 bridgehead atoms. The van der Waals surface area contributed by atoms with E-state index >= 15 is 0 Å². The van der Waals surface area contributed by atoms with E-state index in [1.165, 1.54) is 19.3 Å². The molecule has 0 spiro atoms. The highest BCUT2D eigenvalue weighted by Gasteiger charge is 2.44. The van der Waals surface area contributed by atoms with Gasteiger partial charge >= 0.3 is 6.09 Å². The topological polar surface area (TPSA) is 74.0 Å². The predicted octanol–water partition coefficient (Wildman–Crippen LogP) is 6.46. The summed E-state index contributed by atoms with van der Waals surface area (Å²) >= 11 is 3.58. The first-order chi connectivity index (χ1) is 15.0. The second-order valence-electron chi connectivity index (χ2n) is 9.68. The number of nitrogens with zero attached hydrogens (tertiary/aromatic N) is 1. The van der Waals surface area contributed by atoms with Crippen LogP contribution in [0.1, 0.15) is 72.8 Å². The Kier molecular flexibility index (Phi) is 9.46. The van der Waals surface area contributed by atoms with E-state index in [0.717, 1.165) is 28.6 Å². The molecule has 1 aliphatic rings. The molecule has 0 unspecified atom stereocenters. The van der Waals surface area contributed by atoms with Gasteiger partial charge < -0.3 is 19.9 Å². The fourth-order valence-corrected chi connectivity index (χ4v) is 4.19. The van der Waals surface area contributed by atoms with Gasteiger partial charge in [-0.1, -0.05) is 38.3 Å². The minimum atomic E-state index is -0.735. The summed E-state index contributed by atoms with van der Waals surface area (Å²) in [6, 6.07) is 3.74. The minimum Gasteiger partial charge on any atom is -0.488 e. The first-order valence-corrected chi connectivity index (χ1v) is 12.3. The number of nitrogen functional groups attached to an aromatic ring is 1. The van der Waals surface area contributed by atoms with Crippen molar-refractivity contribution in [1.29, 1.82) is 0 Å². The third-order valence-corrected chi connectivity index (χ3v) is 6.12. The Bertz CT molecular complexity index is 802. The zero-order valence-electron chi connectivity index (χ0n) is 20.4. The molecule has 180 valence electrons. The Morgan fingerprint density at radius 2 is 2.03 bits per heavy atom. The molecule has 2 N–H and O–H groups in total. The van der Waals surface area contributed by atoms with E-state index in [2.05, 4.69) is 22.9 Å². The molecule has 1 fully saturated rings. The summed E-state index contributed by atoms with van der Waals surface area (Å²) in [5.74, 6) is 0.790. The molecule has 1 atom stereocenters. The van der Waals surface area contributed by atoms with Gasteiger partial charge in [-0.25, -0.2) is 4.79 Å². The van der Waals surface area contributed by atoms with Crippen LogP contribution in [0.2, 0.25) is 0 Å². The lowest BCUT2D eigenvalue weighted by Crippen LogP contribution is -2.49. The van der Waals surface area contributed by atoms with Gasteiger partial charge in [0.25, 0.3) is 0 Å². The van der Waals surface area contributed by atoms with E-state index in [1.807, 2.05) is 58.9 Å². The molecule has 0 radical (unpaired) electrons. The number of amides is 1. The lowest BCUT2D eigenvalue weighted by molar-refractivity contribution is -0.0610. The van der Waals surface area contributed by atoms with E-state index in [-0.39, 0.29) is 12.1 Å². The van der Waals surface area contributed by atoms with E-state index in [4.69, 9.17) is 19.9 Å². The molecular weight excluding hydrogens is 472 g/mol. The number of carbonyl (C=O) groups is 1. The van der Waals surface area contributed by atoms with Crippen LogP contribution < -0.4 is 10.5 Å². The maximum Gasteiger partial charge on any atom is 0.413 e. The first-order valence-electron chi connectivity index (χ1n) is 11.5. The molecule has 2 rings (SSSR count). The number of nitrogens with two attached hydrogens (primary N) is 1. The van der Waals surface area contributed by atoms with Crippen molar-refractivity contribution >= 4 is 27.7 Å². The van der Waals surface area contributed by atoms with Gasteiger partial charge in [-0.05, 0) is 81.1 Å². The number of ether oxygens (including phenoxy) is 3. The Hall–Kier alpha value is -1.73. The van der Waals surface area contributed by atoms with Gasteiger partial charge in [0.1, 0.15) is 23.7 Å². The number of rotatable bonds is 9. The monoisotopic (exact) mass is 510 g/mol. The Balaban J connectivity index is 2.05. The van der Waals surface area contributed by atoms with Gasteiger partial charge in [-0.2, -0.15) is 0 Å². The summed E-state index contributed by atoms with van der Waals surface area (Å²) in [5, 5.41) is 0. The van der Waals surface area contributed by atoms with Gasteiger partial charge in [0, 0.05) is 5.69 Å². The third-order valence-electron chi connectivity index (χ3n) is 5.30. The van der Waals surface area contributed by atoms with Crippen molar-refractivity contribution in [2.75, 3.05) is 18.9 Å². The van der Waals surface area contributed by atoms with Crippen molar-refractivity contribution in [2.45, 2.75) is 91.0 Å². The standard InChI is InChI=1S/C25H39BrN2O4/c1-7-8-9-10-12-18-14-15-20(27)21(26)22(18)30-16-11-13-19-17-31-25(5,6)28(19)23(29)32-24(2,3)4/h11,13-15,19H,7-10,12,16-17,27H2,1-6H3/b13-11+/t19-/m0/s1. The Morgan fingerprint density at radius 1 is 1.31 bits per heavy atom. The quantitative estimate of drug-likeness (QED) is 0.234. The maximum absolute atomic E-state index is 12.8. The Morgan fingerprint density at radius 3 is 2.69 bits per heavy atom. The van der Waals surface area contributed by atoms with Crippen LogP contribution in [0.5, 0.6) is 5.75 Å². The molecule has 32 heavy (non-hydrogen) atoms. The highest BCUT2D eigenvalue weighted by Crippen LogP contribution is 2.35. The van der Waals surface area contributed by atoms with E-state index in [9.17, 15) is 4.79 Å². The predicted molar refractivity (Wildman–Crippen MR) is 133 cm³/mol. The molecular formula is C25H39BrN2O4. The third kappa shape index (κ3) is 7.41. The van der Waals surface area contributed by atoms with Crippen LogP contribution in [-0.2, 0) is 15.9 Å². The first kappa shape index (κ1) is 26.5. The summed E-state index contributed by atoms with van der Waals surface area (Å²) < 4.78 is 18.3. The molecule has 1 aromatic rings. The lowest BCUT2D eigenvalue weighted by Gasteiger charge is -2.34. The molecule has 7 heteroatoms. The van der Waals surface area contributed by atoms with Crippen LogP contribution in [-0.4, -0.2) is 41.6 Å². The van der Waals surface area contributed by atoms with E-state index < -0.39 is 11.3 Å². The second-order valence-corrected chi connectivity index (χ2v) is 10.5. The molecule has 1 saturated heterocycles. The van der Waals surface area contributed by atoms with Crippen molar-refractivity contribution in [3.8, 4) is 5.75 Å². The number of unbranched alkanes of at least 4 members (excludes halogenated alkanes) is 3. The van der Waals surface area contributed by atoms with Crippen LogP contribution in [0.3, 0.4) is 0 Å². The molecule has 0 aliphatic carbocycles.